The minimum atomic E-state index is -0.700. The number of rotatable bonds is 4. The van der Waals surface area contributed by atoms with Crippen molar-refractivity contribution in [1.82, 2.24) is 4.98 Å². The van der Waals surface area contributed by atoms with Crippen LogP contribution in [-0.4, -0.2) is 30.9 Å². The molecule has 1 unspecified atom stereocenters. The highest BCUT2D eigenvalue weighted by atomic mass is 32.1. The fourth-order valence-corrected chi connectivity index (χ4v) is 2.58. The summed E-state index contributed by atoms with van der Waals surface area (Å²) in [5.74, 6) is 0.660. The van der Waals surface area contributed by atoms with Crippen LogP contribution in [0.5, 0.6) is 10.9 Å². The normalized spacial score (nSPS) is 12.7. The SMILES string of the molecule is COc1nc2c(OC)ccc(C(O)CN)c2s1. The van der Waals surface area contributed by atoms with Crippen LogP contribution in [0, 0.1) is 0 Å². The molecule has 1 aromatic heterocycles. The lowest BCUT2D eigenvalue weighted by Crippen LogP contribution is -2.11. The van der Waals surface area contributed by atoms with E-state index in [-0.39, 0.29) is 6.54 Å². The van der Waals surface area contributed by atoms with Crippen molar-refractivity contribution in [3.63, 3.8) is 0 Å². The fraction of sp³-hybridized carbons (Fsp3) is 0.364. The highest BCUT2D eigenvalue weighted by molar-refractivity contribution is 7.20. The second-order valence-corrected chi connectivity index (χ2v) is 4.43. The monoisotopic (exact) mass is 254 g/mol. The molecule has 3 N–H and O–H groups in total. The topological polar surface area (TPSA) is 77.6 Å². The summed E-state index contributed by atoms with van der Waals surface area (Å²) in [6.45, 7) is 0.168. The number of ether oxygens (including phenoxy) is 2. The van der Waals surface area contributed by atoms with E-state index in [1.54, 1.807) is 26.4 Å². The van der Waals surface area contributed by atoms with Gasteiger partial charge in [0, 0.05) is 12.1 Å². The van der Waals surface area contributed by atoms with E-state index in [1.165, 1.54) is 11.3 Å². The Labute approximate surface area is 103 Å². The first kappa shape index (κ1) is 12.1. The molecule has 92 valence electrons. The second kappa shape index (κ2) is 4.87. The van der Waals surface area contributed by atoms with Crippen LogP contribution in [0.2, 0.25) is 0 Å². The molecule has 17 heavy (non-hydrogen) atoms. The van der Waals surface area contributed by atoms with E-state index >= 15 is 0 Å². The quantitative estimate of drug-likeness (QED) is 0.860. The maximum Gasteiger partial charge on any atom is 0.274 e. The summed E-state index contributed by atoms with van der Waals surface area (Å²) < 4.78 is 11.2. The zero-order chi connectivity index (χ0) is 12.4. The number of methoxy groups -OCH3 is 2. The number of fused-ring (bicyclic) bond motifs is 1. The van der Waals surface area contributed by atoms with Crippen LogP contribution in [0.3, 0.4) is 0 Å². The molecule has 1 atom stereocenters. The molecule has 1 aromatic carbocycles. The van der Waals surface area contributed by atoms with Crippen LogP contribution in [-0.2, 0) is 0 Å². The number of aliphatic hydroxyl groups is 1. The molecule has 0 spiro atoms. The Kier molecular flexibility index (Phi) is 3.46. The van der Waals surface area contributed by atoms with E-state index in [4.69, 9.17) is 15.2 Å². The average molecular weight is 254 g/mol. The largest absolute Gasteiger partial charge is 0.494 e. The lowest BCUT2D eigenvalue weighted by molar-refractivity contribution is 0.188. The molecule has 2 aromatic rings. The Morgan fingerprint density at radius 2 is 2.18 bits per heavy atom. The molecule has 0 aliphatic carbocycles. The first-order valence-electron chi connectivity index (χ1n) is 5.10. The minimum Gasteiger partial charge on any atom is -0.494 e. The van der Waals surface area contributed by atoms with Crippen molar-refractivity contribution in [1.29, 1.82) is 0 Å². The number of aliphatic hydroxyl groups excluding tert-OH is 1. The van der Waals surface area contributed by atoms with Crippen LogP contribution < -0.4 is 15.2 Å². The summed E-state index contributed by atoms with van der Waals surface area (Å²) in [6.07, 6.45) is -0.700. The molecule has 0 bridgehead atoms. The maximum atomic E-state index is 9.85. The molecule has 0 aliphatic heterocycles. The van der Waals surface area contributed by atoms with Crippen LogP contribution in [0.1, 0.15) is 11.7 Å². The molecule has 0 saturated carbocycles. The van der Waals surface area contributed by atoms with E-state index in [0.29, 0.717) is 16.5 Å². The van der Waals surface area contributed by atoms with Gasteiger partial charge >= 0.3 is 0 Å². The predicted molar refractivity (Wildman–Crippen MR) is 66.7 cm³/mol. The number of hydrogen-bond acceptors (Lipinski definition) is 6. The van der Waals surface area contributed by atoms with Crippen molar-refractivity contribution in [3.8, 4) is 10.9 Å². The second-order valence-electron chi connectivity index (χ2n) is 3.47. The van der Waals surface area contributed by atoms with Gasteiger partial charge in [-0.1, -0.05) is 17.4 Å². The van der Waals surface area contributed by atoms with Crippen molar-refractivity contribution in [2.75, 3.05) is 20.8 Å². The van der Waals surface area contributed by atoms with Gasteiger partial charge in [0.25, 0.3) is 5.19 Å². The van der Waals surface area contributed by atoms with E-state index in [1.807, 2.05) is 0 Å². The Hall–Kier alpha value is -1.37. The van der Waals surface area contributed by atoms with Crippen molar-refractivity contribution >= 4 is 21.6 Å². The van der Waals surface area contributed by atoms with Gasteiger partial charge in [-0.25, -0.2) is 0 Å². The third kappa shape index (κ3) is 2.06. The summed E-state index contributed by atoms with van der Waals surface area (Å²) in [5, 5.41) is 10.4. The molecular weight excluding hydrogens is 240 g/mol. The van der Waals surface area contributed by atoms with Gasteiger partial charge in [0.1, 0.15) is 11.3 Å². The summed E-state index contributed by atoms with van der Waals surface area (Å²) in [4.78, 5) is 4.30. The Bertz CT molecular complexity index is 527. The first-order valence-corrected chi connectivity index (χ1v) is 5.92. The number of nitrogens with zero attached hydrogens (tertiary/aromatic N) is 1. The fourth-order valence-electron chi connectivity index (χ4n) is 1.62. The number of thiazole rings is 1. The van der Waals surface area contributed by atoms with Crippen molar-refractivity contribution in [2.45, 2.75) is 6.10 Å². The molecule has 2 rings (SSSR count). The van der Waals surface area contributed by atoms with Gasteiger partial charge < -0.3 is 20.3 Å². The Morgan fingerprint density at radius 3 is 2.76 bits per heavy atom. The smallest absolute Gasteiger partial charge is 0.274 e. The van der Waals surface area contributed by atoms with Gasteiger partial charge in [-0.2, -0.15) is 4.98 Å². The summed E-state index contributed by atoms with van der Waals surface area (Å²) in [7, 11) is 3.14. The van der Waals surface area contributed by atoms with Gasteiger partial charge in [0.2, 0.25) is 0 Å². The van der Waals surface area contributed by atoms with Gasteiger partial charge in [0.15, 0.2) is 0 Å². The van der Waals surface area contributed by atoms with Crippen LogP contribution in [0.15, 0.2) is 12.1 Å². The first-order chi connectivity index (χ1) is 8.21. The van der Waals surface area contributed by atoms with Gasteiger partial charge in [-0.05, 0) is 6.07 Å². The highest BCUT2D eigenvalue weighted by Crippen LogP contribution is 2.37. The molecule has 0 radical (unpaired) electrons. The lowest BCUT2D eigenvalue weighted by atomic mass is 10.1. The molecule has 0 fully saturated rings. The van der Waals surface area contributed by atoms with E-state index < -0.39 is 6.10 Å². The lowest BCUT2D eigenvalue weighted by Gasteiger charge is -2.10. The molecule has 6 heteroatoms. The molecular formula is C11H14N2O3S. The average Bonchev–Trinajstić information content (AvgIpc) is 2.80. The van der Waals surface area contributed by atoms with Crippen molar-refractivity contribution in [3.05, 3.63) is 17.7 Å². The van der Waals surface area contributed by atoms with E-state index in [9.17, 15) is 5.11 Å². The highest BCUT2D eigenvalue weighted by Gasteiger charge is 2.17. The molecule has 0 saturated heterocycles. The van der Waals surface area contributed by atoms with Crippen LogP contribution in [0.4, 0.5) is 0 Å². The molecule has 1 heterocycles. The van der Waals surface area contributed by atoms with Crippen LogP contribution in [0.25, 0.3) is 10.2 Å². The maximum absolute atomic E-state index is 9.85. The number of benzene rings is 1. The zero-order valence-electron chi connectivity index (χ0n) is 9.64. The molecule has 0 amide bonds. The molecule has 0 aliphatic rings. The summed E-state index contributed by atoms with van der Waals surface area (Å²) in [6, 6.07) is 3.58. The van der Waals surface area contributed by atoms with Gasteiger partial charge in [0.05, 0.1) is 25.0 Å². The third-order valence-corrected chi connectivity index (χ3v) is 3.56. The zero-order valence-corrected chi connectivity index (χ0v) is 10.5. The van der Waals surface area contributed by atoms with Crippen molar-refractivity contribution in [2.24, 2.45) is 5.73 Å². The standard InChI is InChI=1S/C11H14N2O3S/c1-15-8-4-3-6(7(14)5-12)10-9(8)13-11(16-2)17-10/h3-4,7,14H,5,12H2,1-2H3. The third-order valence-electron chi connectivity index (χ3n) is 2.49. The number of hydrogen-bond donors (Lipinski definition) is 2. The Morgan fingerprint density at radius 1 is 1.41 bits per heavy atom. The molecule has 5 nitrogen and oxygen atoms in total. The Balaban J connectivity index is 2.66. The number of aromatic nitrogens is 1. The summed E-state index contributed by atoms with van der Waals surface area (Å²) in [5.41, 5.74) is 6.92. The van der Waals surface area contributed by atoms with Crippen LogP contribution >= 0.6 is 11.3 Å². The van der Waals surface area contributed by atoms with E-state index in [2.05, 4.69) is 4.98 Å². The van der Waals surface area contributed by atoms with Gasteiger partial charge in [-0.3, -0.25) is 0 Å². The number of nitrogens with two attached hydrogens (primary N) is 1. The predicted octanol–water partition coefficient (Wildman–Crippen LogP) is 1.31. The van der Waals surface area contributed by atoms with E-state index in [0.717, 1.165) is 10.3 Å². The van der Waals surface area contributed by atoms with Crippen molar-refractivity contribution < 1.29 is 14.6 Å². The summed E-state index contributed by atoms with van der Waals surface area (Å²) >= 11 is 1.37. The van der Waals surface area contributed by atoms with Gasteiger partial charge in [-0.15, -0.1) is 0 Å². The minimum absolute atomic E-state index is 0.168.